The minimum Gasteiger partial charge on any atom is -0.348 e. The van der Waals surface area contributed by atoms with Gasteiger partial charge in [-0.05, 0) is 23.7 Å². The Morgan fingerprint density at radius 2 is 2.19 bits per heavy atom. The fourth-order valence-corrected chi connectivity index (χ4v) is 4.70. The molecular formula is C17H14ClN7OS. The number of aryl methyl sites for hydroxylation is 1. The van der Waals surface area contributed by atoms with E-state index in [0.717, 1.165) is 26.6 Å². The molecule has 3 aromatic heterocycles. The number of benzene rings is 1. The van der Waals surface area contributed by atoms with E-state index in [0.29, 0.717) is 13.0 Å². The van der Waals surface area contributed by atoms with Gasteiger partial charge in [0.15, 0.2) is 0 Å². The summed E-state index contributed by atoms with van der Waals surface area (Å²) in [5.74, 6) is -0.0418. The van der Waals surface area contributed by atoms with E-state index in [4.69, 9.17) is 16.6 Å². The molecule has 0 saturated carbocycles. The molecule has 10 heteroatoms. The van der Waals surface area contributed by atoms with Crippen LogP contribution >= 0.6 is 22.9 Å². The molecule has 1 N–H and O–H groups in total. The fourth-order valence-electron chi connectivity index (χ4n) is 3.42. The summed E-state index contributed by atoms with van der Waals surface area (Å²) >= 11 is 7.45. The Balaban J connectivity index is 1.64. The van der Waals surface area contributed by atoms with Gasteiger partial charge in [-0.3, -0.25) is 4.79 Å². The highest BCUT2D eigenvalue weighted by Crippen LogP contribution is 2.37. The third-order valence-corrected chi connectivity index (χ3v) is 5.91. The number of carbonyl (C=O) groups excluding carboxylic acids is 1. The lowest BCUT2D eigenvalue weighted by Crippen LogP contribution is -2.41. The van der Waals surface area contributed by atoms with Crippen LogP contribution in [0.5, 0.6) is 0 Å². The topological polar surface area (TPSA) is 92.6 Å². The van der Waals surface area contributed by atoms with Gasteiger partial charge < -0.3 is 9.88 Å². The monoisotopic (exact) mass is 399 g/mol. The molecule has 0 aliphatic carbocycles. The van der Waals surface area contributed by atoms with Crippen molar-refractivity contribution >= 4 is 39.1 Å². The first-order valence-electron chi connectivity index (χ1n) is 8.37. The second-order valence-corrected chi connectivity index (χ2v) is 7.67. The van der Waals surface area contributed by atoms with Crippen molar-refractivity contribution in [1.29, 1.82) is 0 Å². The number of H-pyrrole nitrogens is 1. The van der Waals surface area contributed by atoms with Crippen LogP contribution in [0.3, 0.4) is 0 Å². The van der Waals surface area contributed by atoms with Crippen molar-refractivity contribution in [2.75, 3.05) is 6.54 Å². The van der Waals surface area contributed by atoms with Crippen LogP contribution < -0.4 is 0 Å². The number of rotatable bonds is 2. The normalized spacial score (nSPS) is 16.7. The number of hydrogen-bond donors (Lipinski definition) is 1. The van der Waals surface area contributed by atoms with Crippen molar-refractivity contribution in [3.8, 4) is 0 Å². The summed E-state index contributed by atoms with van der Waals surface area (Å²) in [6.45, 7) is 0.527. The van der Waals surface area contributed by atoms with E-state index in [-0.39, 0.29) is 23.1 Å². The van der Waals surface area contributed by atoms with Crippen LogP contribution in [-0.2, 0) is 13.5 Å². The van der Waals surface area contributed by atoms with Crippen molar-refractivity contribution < 1.29 is 4.79 Å². The predicted molar refractivity (Wildman–Crippen MR) is 101 cm³/mol. The Kier molecular flexibility index (Phi) is 3.73. The molecule has 27 heavy (non-hydrogen) atoms. The molecule has 1 amide bonds. The second kappa shape index (κ2) is 6.14. The largest absolute Gasteiger partial charge is 0.348 e. The molecule has 1 atom stereocenters. The zero-order valence-corrected chi connectivity index (χ0v) is 15.8. The Hall–Kier alpha value is -2.78. The van der Waals surface area contributed by atoms with Crippen LogP contribution in [0.25, 0.3) is 10.2 Å². The zero-order chi connectivity index (χ0) is 18.5. The maximum Gasteiger partial charge on any atom is 0.292 e. The molecule has 0 bridgehead atoms. The third-order valence-electron chi connectivity index (χ3n) is 4.66. The summed E-state index contributed by atoms with van der Waals surface area (Å²) < 4.78 is 2.48. The van der Waals surface area contributed by atoms with Crippen molar-refractivity contribution in [3.63, 3.8) is 0 Å². The van der Waals surface area contributed by atoms with Crippen LogP contribution in [0.1, 0.15) is 33.1 Å². The molecule has 0 radical (unpaired) electrons. The Bertz CT molecular complexity index is 1130. The standard InChI is InChI=1S/C17H14ClN7OS/c1-24-14(22-17(18)23-24)16(26)25-7-6-10-12(20-8-19-10)13(25)15-21-9-4-2-3-5-11(9)27-15/h2-5,8,13H,6-7H2,1H3,(H,19,20)/t13-/m0/s1. The van der Waals surface area contributed by atoms with E-state index >= 15 is 0 Å². The van der Waals surface area contributed by atoms with Gasteiger partial charge in [0, 0.05) is 25.7 Å². The van der Waals surface area contributed by atoms with Gasteiger partial charge in [0.05, 0.1) is 22.2 Å². The van der Waals surface area contributed by atoms with Gasteiger partial charge in [0.2, 0.25) is 11.1 Å². The van der Waals surface area contributed by atoms with Crippen LogP contribution in [0.4, 0.5) is 0 Å². The Morgan fingerprint density at radius 3 is 2.96 bits per heavy atom. The minimum atomic E-state index is -0.375. The average molecular weight is 400 g/mol. The van der Waals surface area contributed by atoms with Crippen molar-refractivity contribution in [2.45, 2.75) is 12.5 Å². The minimum absolute atomic E-state index is 0.0508. The van der Waals surface area contributed by atoms with E-state index in [9.17, 15) is 4.79 Å². The van der Waals surface area contributed by atoms with Crippen LogP contribution in [0.15, 0.2) is 30.6 Å². The lowest BCUT2D eigenvalue weighted by atomic mass is 10.0. The van der Waals surface area contributed by atoms with E-state index in [1.54, 1.807) is 29.6 Å². The van der Waals surface area contributed by atoms with Gasteiger partial charge in [-0.25, -0.2) is 14.6 Å². The van der Waals surface area contributed by atoms with E-state index in [1.165, 1.54) is 4.68 Å². The quantitative estimate of drug-likeness (QED) is 0.559. The molecule has 4 heterocycles. The van der Waals surface area contributed by atoms with Gasteiger partial charge in [0.25, 0.3) is 5.91 Å². The number of halogens is 1. The number of aromatic nitrogens is 6. The number of imidazole rings is 1. The second-order valence-electron chi connectivity index (χ2n) is 6.27. The Morgan fingerprint density at radius 1 is 1.33 bits per heavy atom. The van der Waals surface area contributed by atoms with Crippen molar-refractivity contribution in [1.82, 2.24) is 34.6 Å². The first-order chi connectivity index (χ1) is 13.1. The molecule has 0 spiro atoms. The molecule has 0 saturated heterocycles. The maximum absolute atomic E-state index is 13.2. The predicted octanol–water partition coefficient (Wildman–Crippen LogP) is 2.59. The molecule has 4 aromatic rings. The third kappa shape index (κ3) is 2.62. The number of aromatic amines is 1. The SMILES string of the molecule is Cn1nc(Cl)nc1C(=O)N1CCc2[nH]cnc2[C@H]1c1nc2ccccc2s1. The molecule has 0 fully saturated rings. The van der Waals surface area contributed by atoms with E-state index in [2.05, 4.69) is 20.1 Å². The molecular weight excluding hydrogens is 386 g/mol. The summed E-state index contributed by atoms with van der Waals surface area (Å²) in [6, 6.07) is 7.56. The van der Waals surface area contributed by atoms with Crippen molar-refractivity contribution in [2.24, 2.45) is 7.05 Å². The number of amides is 1. The molecule has 8 nitrogen and oxygen atoms in total. The summed E-state index contributed by atoms with van der Waals surface area (Å²) in [5, 5.41) is 4.86. The van der Waals surface area contributed by atoms with Gasteiger partial charge in [0.1, 0.15) is 11.0 Å². The number of thiazole rings is 1. The fraction of sp³-hybridized carbons (Fsp3) is 0.235. The smallest absolute Gasteiger partial charge is 0.292 e. The highest BCUT2D eigenvalue weighted by Gasteiger charge is 2.38. The highest BCUT2D eigenvalue weighted by atomic mass is 35.5. The molecule has 136 valence electrons. The first kappa shape index (κ1) is 16.4. The number of carbonyl (C=O) groups is 1. The number of nitrogens with zero attached hydrogens (tertiary/aromatic N) is 6. The molecule has 5 rings (SSSR count). The van der Waals surface area contributed by atoms with Gasteiger partial charge in [-0.2, -0.15) is 4.98 Å². The lowest BCUT2D eigenvalue weighted by Gasteiger charge is -2.33. The number of hydrogen-bond acceptors (Lipinski definition) is 6. The number of nitrogens with one attached hydrogen (secondary N) is 1. The van der Waals surface area contributed by atoms with Gasteiger partial charge in [-0.15, -0.1) is 16.4 Å². The van der Waals surface area contributed by atoms with E-state index in [1.807, 2.05) is 24.3 Å². The van der Waals surface area contributed by atoms with Crippen molar-refractivity contribution in [3.05, 3.63) is 58.1 Å². The first-order valence-corrected chi connectivity index (χ1v) is 9.56. The van der Waals surface area contributed by atoms with Crippen LogP contribution in [-0.4, -0.2) is 47.1 Å². The molecule has 1 aliphatic heterocycles. The summed E-state index contributed by atoms with van der Waals surface area (Å²) in [5.41, 5.74) is 2.76. The van der Waals surface area contributed by atoms with Gasteiger partial charge in [-0.1, -0.05) is 12.1 Å². The summed E-state index contributed by atoms with van der Waals surface area (Å²) in [4.78, 5) is 31.5. The number of fused-ring (bicyclic) bond motifs is 2. The highest BCUT2D eigenvalue weighted by molar-refractivity contribution is 7.18. The number of para-hydroxylation sites is 1. The Labute approximate surface area is 162 Å². The molecule has 0 unspecified atom stereocenters. The van der Waals surface area contributed by atoms with Gasteiger partial charge >= 0.3 is 0 Å². The summed E-state index contributed by atoms with van der Waals surface area (Å²) in [6.07, 6.45) is 2.35. The average Bonchev–Trinajstić information content (AvgIpc) is 3.37. The van der Waals surface area contributed by atoms with E-state index < -0.39 is 0 Å². The molecule has 1 aliphatic rings. The van der Waals surface area contributed by atoms with Crippen LogP contribution in [0.2, 0.25) is 5.28 Å². The summed E-state index contributed by atoms with van der Waals surface area (Å²) in [7, 11) is 1.66. The molecule has 1 aromatic carbocycles. The maximum atomic E-state index is 13.2. The lowest BCUT2D eigenvalue weighted by molar-refractivity contribution is 0.0673. The zero-order valence-electron chi connectivity index (χ0n) is 14.3. The van der Waals surface area contributed by atoms with Crippen LogP contribution in [0, 0.1) is 0 Å².